The molecule has 1 atom stereocenters. The number of nitrogens with zero attached hydrogens (tertiary/aromatic N) is 2. The van der Waals surface area contributed by atoms with E-state index >= 15 is 0 Å². The summed E-state index contributed by atoms with van der Waals surface area (Å²) < 4.78 is 29.6. The largest absolute Gasteiger partial charge is 0.352 e. The van der Waals surface area contributed by atoms with Gasteiger partial charge in [0, 0.05) is 54.7 Å². The van der Waals surface area contributed by atoms with E-state index in [-0.39, 0.29) is 30.4 Å². The monoisotopic (exact) mass is 525 g/mol. The second-order valence-electron chi connectivity index (χ2n) is 9.37. The molecule has 5 aromatic rings. The van der Waals surface area contributed by atoms with E-state index in [1.807, 2.05) is 41.1 Å². The Labute approximate surface area is 223 Å². The number of nitro benzene ring substituents is 1. The summed E-state index contributed by atoms with van der Waals surface area (Å²) in [5, 5.41) is 15.1. The third-order valence-corrected chi connectivity index (χ3v) is 6.72. The van der Waals surface area contributed by atoms with Gasteiger partial charge in [-0.05, 0) is 52.6 Å². The van der Waals surface area contributed by atoms with Gasteiger partial charge >= 0.3 is 0 Å². The molecule has 6 nitrogen and oxygen atoms in total. The van der Waals surface area contributed by atoms with Gasteiger partial charge in [-0.1, -0.05) is 54.6 Å². The van der Waals surface area contributed by atoms with Crippen LogP contribution in [0.5, 0.6) is 0 Å². The minimum atomic E-state index is -0.574. The van der Waals surface area contributed by atoms with Crippen molar-refractivity contribution in [3.05, 3.63) is 147 Å². The zero-order valence-corrected chi connectivity index (χ0v) is 20.9. The summed E-state index contributed by atoms with van der Waals surface area (Å²) in [6.07, 6.45) is 1.88. The number of hydrogen-bond acceptors (Lipinski definition) is 3. The summed E-state index contributed by atoms with van der Waals surface area (Å²) >= 11 is 0. The van der Waals surface area contributed by atoms with E-state index in [9.17, 15) is 23.7 Å². The number of nitro groups is 1. The highest BCUT2D eigenvalue weighted by molar-refractivity contribution is 5.88. The van der Waals surface area contributed by atoms with Crippen molar-refractivity contribution in [2.75, 3.05) is 0 Å². The summed E-state index contributed by atoms with van der Waals surface area (Å²) in [4.78, 5) is 24.3. The van der Waals surface area contributed by atoms with Gasteiger partial charge in [0.05, 0.1) is 4.92 Å². The molecule has 1 aromatic heterocycles. The van der Waals surface area contributed by atoms with Crippen LogP contribution in [-0.4, -0.2) is 15.4 Å². The first-order chi connectivity index (χ1) is 18.9. The van der Waals surface area contributed by atoms with Crippen molar-refractivity contribution in [2.45, 2.75) is 25.4 Å². The van der Waals surface area contributed by atoms with Gasteiger partial charge in [-0.3, -0.25) is 14.9 Å². The van der Waals surface area contributed by atoms with Crippen LogP contribution < -0.4 is 5.32 Å². The average molecular weight is 526 g/mol. The topological polar surface area (TPSA) is 77.2 Å². The number of benzene rings is 4. The molecule has 0 spiro atoms. The molecule has 0 fully saturated rings. The molecule has 0 bridgehead atoms. The van der Waals surface area contributed by atoms with Crippen LogP contribution in [0.25, 0.3) is 10.9 Å². The molecule has 0 saturated carbocycles. The fraction of sp³-hybridized carbons (Fsp3) is 0.129. The lowest BCUT2D eigenvalue weighted by molar-refractivity contribution is -0.384. The minimum absolute atomic E-state index is 0.0161. The zero-order chi connectivity index (χ0) is 27.4. The highest BCUT2D eigenvalue weighted by Crippen LogP contribution is 2.37. The molecule has 39 heavy (non-hydrogen) atoms. The molecule has 5 rings (SSSR count). The average Bonchev–Trinajstić information content (AvgIpc) is 3.29. The van der Waals surface area contributed by atoms with Gasteiger partial charge in [-0.2, -0.15) is 0 Å². The molecule has 0 aliphatic carbocycles. The van der Waals surface area contributed by atoms with E-state index in [2.05, 4.69) is 5.32 Å². The van der Waals surface area contributed by atoms with Crippen LogP contribution in [0.4, 0.5) is 14.5 Å². The van der Waals surface area contributed by atoms with Crippen molar-refractivity contribution < 1.29 is 18.5 Å². The Morgan fingerprint density at radius 3 is 2.36 bits per heavy atom. The molecule has 0 saturated heterocycles. The second-order valence-corrected chi connectivity index (χ2v) is 9.37. The molecule has 8 heteroatoms. The van der Waals surface area contributed by atoms with E-state index in [1.54, 1.807) is 30.3 Å². The Kier molecular flexibility index (Phi) is 7.45. The van der Waals surface area contributed by atoms with Gasteiger partial charge in [0.1, 0.15) is 11.6 Å². The normalized spacial score (nSPS) is 11.8. The van der Waals surface area contributed by atoms with Crippen molar-refractivity contribution in [2.24, 2.45) is 0 Å². The van der Waals surface area contributed by atoms with E-state index in [0.29, 0.717) is 23.1 Å². The predicted octanol–water partition coefficient (Wildman–Crippen LogP) is 6.71. The number of fused-ring (bicyclic) bond motifs is 1. The van der Waals surface area contributed by atoms with Gasteiger partial charge in [0.15, 0.2) is 0 Å². The number of nitrogens with one attached hydrogen (secondary N) is 1. The number of aromatic nitrogens is 1. The SMILES string of the molecule is O=C(C[C@@H](c1cccc(F)c1)c1cn(Cc2ccccc2)c2ccc([N+](=O)[O-])cc12)NCc1ccc(F)cc1. The maximum absolute atomic E-state index is 14.3. The number of amides is 1. The summed E-state index contributed by atoms with van der Waals surface area (Å²) in [6, 6.07) is 26.3. The van der Waals surface area contributed by atoms with Gasteiger partial charge in [0.2, 0.25) is 5.91 Å². The van der Waals surface area contributed by atoms with Gasteiger partial charge in [-0.15, -0.1) is 0 Å². The molecule has 1 amide bonds. The van der Waals surface area contributed by atoms with Crippen LogP contribution in [0.15, 0.2) is 103 Å². The molecular weight excluding hydrogens is 500 g/mol. The maximum Gasteiger partial charge on any atom is 0.270 e. The van der Waals surface area contributed by atoms with E-state index in [4.69, 9.17) is 0 Å². The van der Waals surface area contributed by atoms with Crippen molar-refractivity contribution in [3.63, 3.8) is 0 Å². The van der Waals surface area contributed by atoms with Crippen molar-refractivity contribution in [3.8, 4) is 0 Å². The fourth-order valence-electron chi connectivity index (χ4n) is 4.81. The lowest BCUT2D eigenvalue weighted by Crippen LogP contribution is -2.25. The smallest absolute Gasteiger partial charge is 0.270 e. The number of non-ortho nitro benzene ring substituents is 1. The summed E-state index contributed by atoms with van der Waals surface area (Å²) in [5.74, 6) is -1.67. The molecule has 1 N–H and O–H groups in total. The maximum atomic E-state index is 14.3. The first-order valence-electron chi connectivity index (χ1n) is 12.4. The third-order valence-electron chi connectivity index (χ3n) is 6.72. The number of carbonyl (C=O) groups excluding carboxylic acids is 1. The third kappa shape index (κ3) is 6.01. The standard InChI is InChI=1S/C31H25F2N3O3/c32-24-11-9-21(10-12-24)18-34-31(37)17-27(23-7-4-8-25(33)15-23)29-20-35(19-22-5-2-1-3-6-22)30-14-13-26(36(38)39)16-28(29)30/h1-16,20,27H,17-19H2,(H,34,37)/t27-/m0/s1. The molecule has 1 heterocycles. The van der Waals surface area contributed by atoms with E-state index in [1.165, 1.54) is 36.4 Å². The van der Waals surface area contributed by atoms with Crippen LogP contribution in [0.3, 0.4) is 0 Å². The second kappa shape index (κ2) is 11.3. The molecule has 4 aromatic carbocycles. The summed E-state index contributed by atoms with van der Waals surface area (Å²) in [5.41, 5.74) is 3.75. The van der Waals surface area contributed by atoms with Crippen LogP contribution in [0, 0.1) is 21.7 Å². The van der Waals surface area contributed by atoms with Gasteiger partial charge in [-0.25, -0.2) is 8.78 Å². The number of hydrogen-bond donors (Lipinski definition) is 1. The molecule has 196 valence electrons. The van der Waals surface area contributed by atoms with E-state index < -0.39 is 16.7 Å². The van der Waals surface area contributed by atoms with E-state index in [0.717, 1.165) is 16.6 Å². The summed E-state index contributed by atoms with van der Waals surface area (Å²) in [6.45, 7) is 0.720. The Bertz CT molecular complexity index is 1630. The van der Waals surface area contributed by atoms with Crippen molar-refractivity contribution in [1.29, 1.82) is 0 Å². The molecule has 0 aliphatic rings. The van der Waals surface area contributed by atoms with Crippen molar-refractivity contribution in [1.82, 2.24) is 9.88 Å². The Morgan fingerprint density at radius 1 is 0.872 bits per heavy atom. The highest BCUT2D eigenvalue weighted by atomic mass is 19.1. The Morgan fingerprint density at radius 2 is 1.64 bits per heavy atom. The minimum Gasteiger partial charge on any atom is -0.352 e. The van der Waals surface area contributed by atoms with Gasteiger partial charge < -0.3 is 9.88 Å². The van der Waals surface area contributed by atoms with Crippen LogP contribution in [0.2, 0.25) is 0 Å². The van der Waals surface area contributed by atoms with Crippen LogP contribution in [-0.2, 0) is 17.9 Å². The zero-order valence-electron chi connectivity index (χ0n) is 20.9. The predicted molar refractivity (Wildman–Crippen MR) is 145 cm³/mol. The highest BCUT2D eigenvalue weighted by Gasteiger charge is 2.25. The summed E-state index contributed by atoms with van der Waals surface area (Å²) in [7, 11) is 0. The lowest BCUT2D eigenvalue weighted by Gasteiger charge is -2.17. The Hall–Kier alpha value is -4.85. The number of halogens is 2. The quantitative estimate of drug-likeness (QED) is 0.172. The first kappa shape index (κ1) is 25.8. The lowest BCUT2D eigenvalue weighted by atomic mass is 9.87. The van der Waals surface area contributed by atoms with Gasteiger partial charge in [0.25, 0.3) is 5.69 Å². The number of carbonyl (C=O) groups is 1. The molecule has 0 unspecified atom stereocenters. The number of rotatable bonds is 9. The van der Waals surface area contributed by atoms with Crippen molar-refractivity contribution >= 4 is 22.5 Å². The Balaban J connectivity index is 1.55. The van der Waals surface area contributed by atoms with Crippen LogP contribution in [0.1, 0.15) is 34.6 Å². The van der Waals surface area contributed by atoms with Crippen LogP contribution >= 0.6 is 0 Å². The molecule has 0 aliphatic heterocycles. The fourth-order valence-corrected chi connectivity index (χ4v) is 4.81. The molecular formula is C31H25F2N3O3. The molecule has 0 radical (unpaired) electrons. The first-order valence-corrected chi connectivity index (χ1v) is 12.4.